The first kappa shape index (κ1) is 13.0. The molecule has 4 nitrogen and oxygen atoms in total. The van der Waals surface area contributed by atoms with Gasteiger partial charge in [-0.25, -0.2) is 0 Å². The largest absolute Gasteiger partial charge is 0.480 e. The minimum atomic E-state index is -0.763. The molecule has 17 heavy (non-hydrogen) atoms. The van der Waals surface area contributed by atoms with E-state index in [4.69, 9.17) is 0 Å². The topological polar surface area (TPSA) is 52.6 Å². The molecule has 1 aliphatic heterocycles. The number of hydrogen-bond donors (Lipinski definition) is 2. The maximum Gasteiger partial charge on any atom is 0.326 e. The van der Waals surface area contributed by atoms with E-state index in [0.29, 0.717) is 0 Å². The zero-order valence-electron chi connectivity index (χ0n) is 9.57. The fraction of sp³-hybridized carbons (Fsp3) is 0.545. The van der Waals surface area contributed by atoms with Crippen LogP contribution in [0.4, 0.5) is 0 Å². The lowest BCUT2D eigenvalue weighted by molar-refractivity contribution is -0.143. The van der Waals surface area contributed by atoms with Crippen molar-refractivity contribution in [3.8, 4) is 0 Å². The molecule has 0 radical (unpaired) electrons. The van der Waals surface area contributed by atoms with Gasteiger partial charge >= 0.3 is 5.97 Å². The third kappa shape index (κ3) is 2.88. The average Bonchev–Trinajstić information content (AvgIpc) is 2.60. The number of hydrogen-bond acceptors (Lipinski definition) is 4. The molecule has 0 spiro atoms. The van der Waals surface area contributed by atoms with Crippen molar-refractivity contribution in [2.45, 2.75) is 13.0 Å². The maximum atomic E-state index is 11.4. The van der Waals surface area contributed by atoms with Crippen molar-refractivity contribution in [2.75, 3.05) is 26.2 Å². The summed E-state index contributed by atoms with van der Waals surface area (Å²) in [7, 11) is 0. The Morgan fingerprint density at radius 3 is 2.71 bits per heavy atom. The number of carbonyl (C=O) groups is 1. The van der Waals surface area contributed by atoms with E-state index in [1.54, 1.807) is 11.3 Å². The van der Waals surface area contributed by atoms with Crippen molar-refractivity contribution in [1.82, 2.24) is 10.2 Å². The van der Waals surface area contributed by atoms with Crippen LogP contribution in [-0.4, -0.2) is 42.2 Å². The second-order valence-electron chi connectivity index (χ2n) is 4.08. The SMILES string of the molecule is Cc1sc(C(C(=O)O)N2CCNCC2)cc1Br. The minimum Gasteiger partial charge on any atom is -0.480 e. The normalized spacial score (nSPS) is 19.2. The van der Waals surface area contributed by atoms with Gasteiger partial charge in [0, 0.05) is 40.4 Å². The van der Waals surface area contributed by atoms with E-state index >= 15 is 0 Å². The monoisotopic (exact) mass is 318 g/mol. The Hall–Kier alpha value is -0.430. The molecule has 1 unspecified atom stereocenters. The Morgan fingerprint density at radius 2 is 2.24 bits per heavy atom. The second kappa shape index (κ2) is 5.48. The van der Waals surface area contributed by atoms with Gasteiger partial charge in [0.05, 0.1) is 0 Å². The Kier molecular flexibility index (Phi) is 4.19. The molecular weight excluding hydrogens is 304 g/mol. The molecule has 1 aromatic heterocycles. The van der Waals surface area contributed by atoms with Gasteiger partial charge in [-0.3, -0.25) is 9.69 Å². The van der Waals surface area contributed by atoms with Crippen LogP contribution >= 0.6 is 27.3 Å². The van der Waals surface area contributed by atoms with Crippen LogP contribution in [0.2, 0.25) is 0 Å². The van der Waals surface area contributed by atoms with E-state index in [9.17, 15) is 9.90 Å². The lowest BCUT2D eigenvalue weighted by atomic mass is 10.2. The summed E-state index contributed by atoms with van der Waals surface area (Å²) in [5.74, 6) is -0.763. The molecule has 2 heterocycles. The predicted molar refractivity (Wildman–Crippen MR) is 71.6 cm³/mol. The second-order valence-corrected chi connectivity index (χ2v) is 6.22. The number of nitrogens with one attached hydrogen (secondary N) is 1. The van der Waals surface area contributed by atoms with Crippen LogP contribution in [0.1, 0.15) is 15.8 Å². The predicted octanol–water partition coefficient (Wildman–Crippen LogP) is 1.85. The number of aliphatic carboxylic acids is 1. The lowest BCUT2D eigenvalue weighted by Gasteiger charge is -2.31. The summed E-state index contributed by atoms with van der Waals surface area (Å²) in [5, 5.41) is 12.6. The summed E-state index contributed by atoms with van der Waals surface area (Å²) in [6, 6.07) is 1.42. The van der Waals surface area contributed by atoms with Gasteiger partial charge in [-0.2, -0.15) is 0 Å². The van der Waals surface area contributed by atoms with Gasteiger partial charge in [-0.05, 0) is 28.9 Å². The fourth-order valence-electron chi connectivity index (χ4n) is 2.01. The quantitative estimate of drug-likeness (QED) is 0.893. The van der Waals surface area contributed by atoms with E-state index < -0.39 is 12.0 Å². The Bertz CT molecular complexity index is 396. The molecule has 2 N–H and O–H groups in total. The fourth-order valence-corrected chi connectivity index (χ4v) is 3.70. The average molecular weight is 319 g/mol. The van der Waals surface area contributed by atoms with Crippen LogP contribution in [-0.2, 0) is 4.79 Å². The standard InChI is InChI=1S/C11H15BrN2O2S/c1-7-8(12)6-9(17-7)10(11(15)16)14-4-2-13-3-5-14/h6,10,13H,2-5H2,1H3,(H,15,16). The number of carboxylic acid groups (broad SMARTS) is 1. The summed E-state index contributed by atoms with van der Waals surface area (Å²) in [6.45, 7) is 5.27. The van der Waals surface area contributed by atoms with E-state index in [-0.39, 0.29) is 0 Å². The summed E-state index contributed by atoms with van der Waals surface area (Å²) in [5.41, 5.74) is 0. The number of thiophene rings is 1. The van der Waals surface area contributed by atoms with E-state index in [1.165, 1.54) is 0 Å². The van der Waals surface area contributed by atoms with Crippen molar-refractivity contribution in [1.29, 1.82) is 0 Å². The summed E-state index contributed by atoms with van der Waals surface area (Å²) < 4.78 is 0.999. The first-order chi connectivity index (χ1) is 8.09. The summed E-state index contributed by atoms with van der Waals surface area (Å²) in [4.78, 5) is 15.5. The first-order valence-electron chi connectivity index (χ1n) is 5.53. The van der Waals surface area contributed by atoms with Crippen LogP contribution in [0.3, 0.4) is 0 Å². The molecule has 1 saturated heterocycles. The van der Waals surface area contributed by atoms with Gasteiger partial charge in [-0.1, -0.05) is 0 Å². The smallest absolute Gasteiger partial charge is 0.326 e. The van der Waals surface area contributed by atoms with Crippen molar-refractivity contribution >= 4 is 33.2 Å². The zero-order valence-corrected chi connectivity index (χ0v) is 12.0. The number of halogens is 1. The Morgan fingerprint density at radius 1 is 1.59 bits per heavy atom. The third-order valence-electron chi connectivity index (χ3n) is 2.90. The van der Waals surface area contributed by atoms with Gasteiger partial charge in [0.15, 0.2) is 0 Å². The number of carboxylic acids is 1. The zero-order chi connectivity index (χ0) is 12.4. The molecule has 1 aromatic rings. The molecule has 6 heteroatoms. The van der Waals surface area contributed by atoms with Crippen LogP contribution in [0.15, 0.2) is 10.5 Å². The van der Waals surface area contributed by atoms with Gasteiger partial charge in [0.2, 0.25) is 0 Å². The van der Waals surface area contributed by atoms with Gasteiger partial charge in [0.1, 0.15) is 6.04 Å². The summed E-state index contributed by atoms with van der Waals surface area (Å²) in [6.07, 6.45) is 0. The number of piperazine rings is 1. The van der Waals surface area contributed by atoms with Crippen molar-refractivity contribution < 1.29 is 9.90 Å². The molecule has 0 aromatic carbocycles. The molecule has 0 aliphatic carbocycles. The lowest BCUT2D eigenvalue weighted by Crippen LogP contribution is -2.47. The van der Waals surface area contributed by atoms with E-state index in [1.807, 2.05) is 17.9 Å². The van der Waals surface area contributed by atoms with Crippen LogP contribution in [0.5, 0.6) is 0 Å². The molecule has 1 atom stereocenters. The highest BCUT2D eigenvalue weighted by atomic mass is 79.9. The van der Waals surface area contributed by atoms with Crippen LogP contribution in [0.25, 0.3) is 0 Å². The number of nitrogens with zero attached hydrogens (tertiary/aromatic N) is 1. The molecule has 0 amide bonds. The van der Waals surface area contributed by atoms with Crippen LogP contribution in [0, 0.1) is 6.92 Å². The first-order valence-corrected chi connectivity index (χ1v) is 7.14. The third-order valence-corrected chi connectivity index (χ3v) is 5.09. The molecule has 0 saturated carbocycles. The van der Waals surface area contributed by atoms with Gasteiger partial charge in [-0.15, -0.1) is 11.3 Å². The minimum absolute atomic E-state index is 0.507. The molecular formula is C11H15BrN2O2S. The Balaban J connectivity index is 2.24. The highest BCUT2D eigenvalue weighted by molar-refractivity contribution is 9.10. The molecule has 2 rings (SSSR count). The maximum absolute atomic E-state index is 11.4. The number of aryl methyl sites for hydroxylation is 1. The highest BCUT2D eigenvalue weighted by Crippen LogP contribution is 2.33. The molecule has 1 aliphatic rings. The van der Waals surface area contributed by atoms with Crippen molar-refractivity contribution in [2.24, 2.45) is 0 Å². The van der Waals surface area contributed by atoms with Gasteiger partial charge < -0.3 is 10.4 Å². The molecule has 1 fully saturated rings. The van der Waals surface area contributed by atoms with Crippen molar-refractivity contribution in [3.05, 3.63) is 20.3 Å². The van der Waals surface area contributed by atoms with Crippen LogP contribution < -0.4 is 5.32 Å². The highest BCUT2D eigenvalue weighted by Gasteiger charge is 2.30. The molecule has 94 valence electrons. The van der Waals surface area contributed by atoms with Gasteiger partial charge in [0.25, 0.3) is 0 Å². The molecule has 0 bridgehead atoms. The Labute approximate surface area is 113 Å². The van der Waals surface area contributed by atoms with Crippen molar-refractivity contribution in [3.63, 3.8) is 0 Å². The number of rotatable bonds is 3. The van der Waals surface area contributed by atoms with E-state index in [0.717, 1.165) is 40.4 Å². The van der Waals surface area contributed by atoms with E-state index in [2.05, 4.69) is 21.2 Å². The summed E-state index contributed by atoms with van der Waals surface area (Å²) >= 11 is 5.00.